The van der Waals surface area contributed by atoms with Gasteiger partial charge in [-0.15, -0.1) is 0 Å². The molecule has 0 radical (unpaired) electrons. The Balaban J connectivity index is 1.76. The summed E-state index contributed by atoms with van der Waals surface area (Å²) in [5, 5.41) is 3.06. The highest BCUT2D eigenvalue weighted by Gasteiger charge is 2.58. The van der Waals surface area contributed by atoms with Gasteiger partial charge in [0.15, 0.2) is 0 Å². The fraction of sp³-hybridized carbons (Fsp3) is 0.350. The normalized spacial score (nSPS) is 18.9. The zero-order chi connectivity index (χ0) is 22.4. The second-order valence-corrected chi connectivity index (χ2v) is 7.47. The molecule has 2 aliphatic heterocycles. The van der Waals surface area contributed by atoms with Crippen LogP contribution in [0.15, 0.2) is 36.5 Å². The third kappa shape index (κ3) is 3.73. The molecule has 2 aromatic rings. The molecule has 1 spiro atoms. The van der Waals surface area contributed by atoms with E-state index in [-0.39, 0.29) is 24.9 Å². The SMILES string of the molecule is O=C1N(c2cc(C(F)(F)F)ccn2)C(=O)C2(CCNCC2)N1Cc1cc(F)cc(F)c1. The summed E-state index contributed by atoms with van der Waals surface area (Å²) in [6.07, 6.45) is -3.41. The van der Waals surface area contributed by atoms with E-state index in [2.05, 4.69) is 10.3 Å². The van der Waals surface area contributed by atoms with Gasteiger partial charge < -0.3 is 10.2 Å². The molecule has 11 heteroatoms. The minimum Gasteiger partial charge on any atom is -0.317 e. The minimum atomic E-state index is -4.69. The zero-order valence-electron chi connectivity index (χ0n) is 16.0. The summed E-state index contributed by atoms with van der Waals surface area (Å²) in [6.45, 7) is 0.489. The first kappa shape index (κ1) is 21.2. The van der Waals surface area contributed by atoms with Crippen LogP contribution in [0.5, 0.6) is 0 Å². The maximum absolute atomic E-state index is 13.7. The molecule has 0 bridgehead atoms. The van der Waals surface area contributed by atoms with Crippen molar-refractivity contribution in [1.29, 1.82) is 0 Å². The number of urea groups is 1. The van der Waals surface area contributed by atoms with E-state index < -0.39 is 46.7 Å². The number of carbonyl (C=O) groups excluding carboxylic acids is 2. The number of aromatic nitrogens is 1. The van der Waals surface area contributed by atoms with E-state index in [9.17, 15) is 31.5 Å². The van der Waals surface area contributed by atoms with Gasteiger partial charge in [0, 0.05) is 18.8 Å². The van der Waals surface area contributed by atoms with Gasteiger partial charge in [-0.1, -0.05) is 0 Å². The minimum absolute atomic E-state index is 0.121. The maximum Gasteiger partial charge on any atom is 0.416 e. The molecule has 164 valence electrons. The molecule has 2 fully saturated rings. The number of alkyl halides is 3. The molecule has 4 rings (SSSR count). The summed E-state index contributed by atoms with van der Waals surface area (Å²) in [6, 6.07) is 3.25. The number of hydrogen-bond acceptors (Lipinski definition) is 4. The molecular formula is C20H17F5N4O2. The lowest BCUT2D eigenvalue weighted by molar-refractivity contribution is -0.137. The number of carbonyl (C=O) groups is 2. The van der Waals surface area contributed by atoms with E-state index in [1.165, 1.54) is 4.90 Å². The predicted octanol–water partition coefficient (Wildman–Crippen LogP) is 3.47. The first-order valence-electron chi connectivity index (χ1n) is 9.47. The van der Waals surface area contributed by atoms with Crippen molar-refractivity contribution in [3.05, 3.63) is 59.3 Å². The Kier molecular flexibility index (Phi) is 5.16. The van der Waals surface area contributed by atoms with Gasteiger partial charge in [0.25, 0.3) is 5.91 Å². The topological polar surface area (TPSA) is 65.5 Å². The van der Waals surface area contributed by atoms with Gasteiger partial charge in [-0.05, 0) is 55.8 Å². The Bertz CT molecular complexity index is 1020. The lowest BCUT2D eigenvalue weighted by atomic mass is 9.86. The number of nitrogens with one attached hydrogen (secondary N) is 1. The molecule has 3 amide bonds. The van der Waals surface area contributed by atoms with E-state index in [0.29, 0.717) is 30.1 Å². The van der Waals surface area contributed by atoms with Crippen molar-refractivity contribution in [2.75, 3.05) is 18.0 Å². The number of halogens is 5. The van der Waals surface area contributed by atoms with E-state index >= 15 is 0 Å². The van der Waals surface area contributed by atoms with E-state index in [1.54, 1.807) is 0 Å². The van der Waals surface area contributed by atoms with Crippen molar-refractivity contribution in [1.82, 2.24) is 15.2 Å². The smallest absolute Gasteiger partial charge is 0.317 e. The average molecular weight is 440 g/mol. The Hall–Kier alpha value is -3.08. The number of hydrogen-bond donors (Lipinski definition) is 1. The highest BCUT2D eigenvalue weighted by atomic mass is 19.4. The summed E-state index contributed by atoms with van der Waals surface area (Å²) in [5.74, 6) is -2.84. The van der Waals surface area contributed by atoms with Crippen LogP contribution in [0.2, 0.25) is 0 Å². The van der Waals surface area contributed by atoms with Gasteiger partial charge >= 0.3 is 12.2 Å². The van der Waals surface area contributed by atoms with Gasteiger partial charge in [-0.25, -0.2) is 23.5 Å². The highest BCUT2D eigenvalue weighted by Crippen LogP contribution is 2.40. The Morgan fingerprint density at radius 1 is 1.03 bits per heavy atom. The Labute approximate surface area is 173 Å². The standard InChI is InChI=1S/C20H17F5N4O2/c21-14-7-12(8-15(22)10-14)11-28-18(31)29(17(30)19(28)2-5-26-6-3-19)16-9-13(1-4-27-16)20(23,24)25/h1,4,7-10,26H,2-3,5-6,11H2. The number of amides is 3. The quantitative estimate of drug-likeness (QED) is 0.587. The number of pyridine rings is 1. The van der Waals surface area contributed by atoms with Crippen LogP contribution in [0.3, 0.4) is 0 Å². The highest BCUT2D eigenvalue weighted by molar-refractivity contribution is 6.22. The van der Waals surface area contributed by atoms with E-state index in [1.807, 2.05) is 0 Å². The summed E-state index contributed by atoms with van der Waals surface area (Å²) in [5.41, 5.74) is -2.28. The molecule has 0 unspecified atom stereocenters. The second-order valence-electron chi connectivity index (χ2n) is 7.47. The number of piperidine rings is 1. The van der Waals surface area contributed by atoms with Crippen molar-refractivity contribution in [3.8, 4) is 0 Å². The van der Waals surface area contributed by atoms with Gasteiger partial charge in [-0.3, -0.25) is 4.79 Å². The molecule has 2 saturated heterocycles. The number of nitrogens with zero attached hydrogens (tertiary/aromatic N) is 3. The first-order chi connectivity index (χ1) is 14.6. The third-order valence-electron chi connectivity index (χ3n) is 5.54. The van der Waals surface area contributed by atoms with Gasteiger partial charge in [-0.2, -0.15) is 13.2 Å². The van der Waals surface area contributed by atoms with Crippen molar-refractivity contribution >= 4 is 17.8 Å². The summed E-state index contributed by atoms with van der Waals surface area (Å²) in [7, 11) is 0. The van der Waals surface area contributed by atoms with Crippen LogP contribution in [0.25, 0.3) is 0 Å². The molecular weight excluding hydrogens is 423 g/mol. The van der Waals surface area contributed by atoms with Crippen LogP contribution in [0.1, 0.15) is 24.0 Å². The average Bonchev–Trinajstić information content (AvgIpc) is 2.89. The molecule has 2 aliphatic rings. The lowest BCUT2D eigenvalue weighted by Gasteiger charge is -2.38. The van der Waals surface area contributed by atoms with Gasteiger partial charge in [0.05, 0.1) is 5.56 Å². The van der Waals surface area contributed by atoms with Crippen LogP contribution in [0, 0.1) is 11.6 Å². The van der Waals surface area contributed by atoms with Gasteiger partial charge in [0.2, 0.25) is 0 Å². The Morgan fingerprint density at radius 3 is 2.29 bits per heavy atom. The molecule has 1 aromatic carbocycles. The van der Waals surface area contributed by atoms with Crippen LogP contribution >= 0.6 is 0 Å². The molecule has 31 heavy (non-hydrogen) atoms. The number of rotatable bonds is 3. The van der Waals surface area contributed by atoms with Crippen LogP contribution < -0.4 is 10.2 Å². The summed E-state index contributed by atoms with van der Waals surface area (Å²) >= 11 is 0. The monoisotopic (exact) mass is 440 g/mol. The molecule has 1 N–H and O–H groups in total. The molecule has 1 aromatic heterocycles. The van der Waals surface area contributed by atoms with Crippen LogP contribution in [-0.2, 0) is 17.5 Å². The first-order valence-corrected chi connectivity index (χ1v) is 9.47. The molecule has 3 heterocycles. The van der Waals surface area contributed by atoms with Gasteiger partial charge in [0.1, 0.15) is 23.0 Å². The molecule has 0 aliphatic carbocycles. The van der Waals surface area contributed by atoms with Crippen molar-refractivity contribution in [3.63, 3.8) is 0 Å². The van der Waals surface area contributed by atoms with E-state index in [4.69, 9.17) is 0 Å². The molecule has 0 saturated carbocycles. The fourth-order valence-electron chi connectivity index (χ4n) is 4.06. The maximum atomic E-state index is 13.7. The number of imide groups is 1. The molecule has 0 atom stereocenters. The third-order valence-corrected chi connectivity index (χ3v) is 5.54. The predicted molar refractivity (Wildman–Crippen MR) is 98.9 cm³/mol. The number of benzene rings is 1. The Morgan fingerprint density at radius 2 is 1.68 bits per heavy atom. The zero-order valence-corrected chi connectivity index (χ0v) is 16.0. The summed E-state index contributed by atoms with van der Waals surface area (Å²) in [4.78, 5) is 32.2. The lowest BCUT2D eigenvalue weighted by Crippen LogP contribution is -2.55. The van der Waals surface area contributed by atoms with Crippen LogP contribution in [0.4, 0.5) is 32.6 Å². The second kappa shape index (κ2) is 7.56. The van der Waals surface area contributed by atoms with Crippen molar-refractivity contribution in [2.45, 2.75) is 31.1 Å². The van der Waals surface area contributed by atoms with Crippen molar-refractivity contribution < 1.29 is 31.5 Å². The largest absolute Gasteiger partial charge is 0.416 e. The van der Waals surface area contributed by atoms with Crippen LogP contribution in [-0.4, -0.2) is 40.5 Å². The summed E-state index contributed by atoms with van der Waals surface area (Å²) < 4.78 is 66.7. The number of anilines is 1. The van der Waals surface area contributed by atoms with E-state index in [0.717, 1.165) is 24.4 Å². The molecule has 6 nitrogen and oxygen atoms in total. The van der Waals surface area contributed by atoms with Crippen molar-refractivity contribution in [2.24, 2.45) is 0 Å². The fourth-order valence-corrected chi connectivity index (χ4v) is 4.06.